The van der Waals surface area contributed by atoms with Gasteiger partial charge in [0.25, 0.3) is 0 Å². The minimum Gasteiger partial charge on any atom is -0.353 e. The third-order valence-electron chi connectivity index (χ3n) is 5.61. The van der Waals surface area contributed by atoms with Crippen LogP contribution in [0.2, 0.25) is 0 Å². The number of nitrogens with one attached hydrogen (secondary N) is 2. The lowest BCUT2D eigenvalue weighted by atomic mass is 10.0. The molecule has 0 radical (unpaired) electrons. The number of para-hydroxylation sites is 1. The van der Waals surface area contributed by atoms with Crippen LogP contribution in [0.4, 0.5) is 5.69 Å². The minimum atomic E-state index is -0.000332. The first-order valence-electron chi connectivity index (χ1n) is 10.5. The summed E-state index contributed by atoms with van der Waals surface area (Å²) in [6, 6.07) is 23.9. The fourth-order valence-electron chi connectivity index (χ4n) is 4.06. The highest BCUT2D eigenvalue weighted by molar-refractivity contribution is 5.92. The van der Waals surface area contributed by atoms with Crippen molar-refractivity contribution >= 4 is 28.3 Å². The van der Waals surface area contributed by atoms with Gasteiger partial charge in [0.05, 0.1) is 13.0 Å². The SMILES string of the molecule is O=C(CN1CCC(NC(=O)Cc2cccc3ccccc23)CC1)Nc1ccccc1. The van der Waals surface area contributed by atoms with Crippen molar-refractivity contribution in [1.29, 1.82) is 0 Å². The molecule has 2 N–H and O–H groups in total. The molecule has 5 heteroatoms. The molecular weight excluding hydrogens is 374 g/mol. The highest BCUT2D eigenvalue weighted by Gasteiger charge is 2.22. The Morgan fingerprint density at radius 2 is 1.53 bits per heavy atom. The molecule has 3 aromatic carbocycles. The monoisotopic (exact) mass is 401 g/mol. The smallest absolute Gasteiger partial charge is 0.238 e. The van der Waals surface area contributed by atoms with Gasteiger partial charge in [-0.1, -0.05) is 60.7 Å². The standard InChI is InChI=1S/C25H27N3O2/c29-24(17-20-9-6-8-19-7-4-5-12-23(19)20)26-22-13-15-28(16-14-22)18-25(30)27-21-10-2-1-3-11-21/h1-12,22H,13-18H2,(H,26,29)(H,27,30). The summed E-state index contributed by atoms with van der Waals surface area (Å²) in [6.07, 6.45) is 2.11. The first kappa shape index (κ1) is 20.1. The molecule has 2 amide bonds. The van der Waals surface area contributed by atoms with Gasteiger partial charge in [0.15, 0.2) is 0 Å². The van der Waals surface area contributed by atoms with Crippen LogP contribution in [0.3, 0.4) is 0 Å². The molecule has 1 fully saturated rings. The number of benzene rings is 3. The molecule has 0 unspecified atom stereocenters. The van der Waals surface area contributed by atoms with Crippen molar-refractivity contribution in [2.24, 2.45) is 0 Å². The second kappa shape index (κ2) is 9.55. The molecule has 0 aliphatic carbocycles. The Labute approximate surface area is 177 Å². The van der Waals surface area contributed by atoms with Gasteiger partial charge in [-0.3, -0.25) is 14.5 Å². The van der Waals surface area contributed by atoms with Gasteiger partial charge in [0.2, 0.25) is 11.8 Å². The average molecular weight is 402 g/mol. The molecule has 1 aliphatic heterocycles. The second-order valence-corrected chi connectivity index (χ2v) is 7.85. The third-order valence-corrected chi connectivity index (χ3v) is 5.61. The molecular formula is C25H27N3O2. The summed E-state index contributed by atoms with van der Waals surface area (Å²) in [6.45, 7) is 1.99. The number of likely N-dealkylation sites (tertiary alicyclic amines) is 1. The van der Waals surface area contributed by atoms with Crippen LogP contribution < -0.4 is 10.6 Å². The molecule has 0 aromatic heterocycles. The van der Waals surface area contributed by atoms with Crippen LogP contribution in [0.25, 0.3) is 10.8 Å². The molecule has 3 aromatic rings. The molecule has 1 aliphatic rings. The fraction of sp³-hybridized carbons (Fsp3) is 0.280. The largest absolute Gasteiger partial charge is 0.353 e. The highest BCUT2D eigenvalue weighted by Crippen LogP contribution is 2.19. The van der Waals surface area contributed by atoms with Gasteiger partial charge < -0.3 is 10.6 Å². The molecule has 30 heavy (non-hydrogen) atoms. The molecule has 0 saturated carbocycles. The topological polar surface area (TPSA) is 61.4 Å². The maximum absolute atomic E-state index is 12.6. The van der Waals surface area contributed by atoms with Crippen LogP contribution in [0.5, 0.6) is 0 Å². The van der Waals surface area contributed by atoms with Crippen molar-refractivity contribution in [3.05, 3.63) is 78.4 Å². The molecule has 0 bridgehead atoms. The number of nitrogens with zero attached hydrogens (tertiary/aromatic N) is 1. The molecule has 0 spiro atoms. The van der Waals surface area contributed by atoms with Gasteiger partial charge in [-0.25, -0.2) is 0 Å². The van der Waals surface area contributed by atoms with Crippen LogP contribution in [0.15, 0.2) is 72.8 Å². The van der Waals surface area contributed by atoms with Gasteiger partial charge in [-0.15, -0.1) is 0 Å². The summed E-state index contributed by atoms with van der Waals surface area (Å²) in [4.78, 5) is 27.0. The lowest BCUT2D eigenvalue weighted by molar-refractivity contribution is -0.122. The van der Waals surface area contributed by atoms with E-state index in [1.807, 2.05) is 54.6 Å². The Bertz CT molecular complexity index is 1010. The van der Waals surface area contributed by atoms with Crippen LogP contribution in [0, 0.1) is 0 Å². The Hall–Kier alpha value is -3.18. The first-order valence-corrected chi connectivity index (χ1v) is 10.5. The zero-order valence-electron chi connectivity index (χ0n) is 17.0. The number of anilines is 1. The van der Waals surface area contributed by atoms with E-state index >= 15 is 0 Å². The van der Waals surface area contributed by atoms with E-state index in [1.165, 1.54) is 0 Å². The summed E-state index contributed by atoms with van der Waals surface area (Å²) >= 11 is 0. The van der Waals surface area contributed by atoms with Crippen LogP contribution in [-0.2, 0) is 16.0 Å². The molecule has 4 rings (SSSR count). The Kier molecular flexibility index (Phi) is 6.40. The second-order valence-electron chi connectivity index (χ2n) is 7.85. The van der Waals surface area contributed by atoms with Crippen LogP contribution >= 0.6 is 0 Å². The maximum atomic E-state index is 12.6. The molecule has 154 valence electrons. The Morgan fingerprint density at radius 1 is 0.833 bits per heavy atom. The zero-order chi connectivity index (χ0) is 20.8. The molecule has 5 nitrogen and oxygen atoms in total. The number of carbonyl (C=O) groups is 2. The van der Waals surface area contributed by atoms with Gasteiger partial charge in [0, 0.05) is 24.8 Å². The lowest BCUT2D eigenvalue weighted by Gasteiger charge is -2.31. The predicted octanol–water partition coefficient (Wildman–Crippen LogP) is 3.60. The van der Waals surface area contributed by atoms with Crippen LogP contribution in [-0.4, -0.2) is 42.4 Å². The van der Waals surface area contributed by atoms with Crippen LogP contribution in [0.1, 0.15) is 18.4 Å². The summed E-state index contributed by atoms with van der Waals surface area (Å²) in [7, 11) is 0. The van der Waals surface area contributed by atoms with Crippen molar-refractivity contribution in [2.75, 3.05) is 25.0 Å². The Balaban J connectivity index is 1.23. The van der Waals surface area contributed by atoms with E-state index in [1.54, 1.807) is 0 Å². The van der Waals surface area contributed by atoms with Crippen molar-refractivity contribution in [2.45, 2.75) is 25.3 Å². The number of rotatable bonds is 6. The number of carbonyl (C=O) groups excluding carboxylic acids is 2. The quantitative estimate of drug-likeness (QED) is 0.663. The number of piperidine rings is 1. The number of hydrogen-bond acceptors (Lipinski definition) is 3. The molecule has 0 atom stereocenters. The molecule has 1 heterocycles. The fourth-order valence-corrected chi connectivity index (χ4v) is 4.06. The normalized spacial score (nSPS) is 15.1. The third kappa shape index (κ3) is 5.24. The van der Waals surface area contributed by atoms with Gasteiger partial charge in [-0.05, 0) is 41.3 Å². The van der Waals surface area contributed by atoms with Crippen molar-refractivity contribution in [3.63, 3.8) is 0 Å². The Morgan fingerprint density at radius 3 is 2.33 bits per heavy atom. The number of fused-ring (bicyclic) bond motifs is 1. The summed E-state index contributed by atoms with van der Waals surface area (Å²) in [5.41, 5.74) is 1.87. The van der Waals surface area contributed by atoms with E-state index in [0.717, 1.165) is 48.0 Å². The predicted molar refractivity (Wildman–Crippen MR) is 120 cm³/mol. The number of hydrogen-bond donors (Lipinski definition) is 2. The van der Waals surface area contributed by atoms with E-state index in [4.69, 9.17) is 0 Å². The minimum absolute atomic E-state index is 0.000332. The maximum Gasteiger partial charge on any atom is 0.238 e. The lowest BCUT2D eigenvalue weighted by Crippen LogP contribution is -2.46. The van der Waals surface area contributed by atoms with E-state index in [0.29, 0.717) is 13.0 Å². The average Bonchev–Trinajstić information content (AvgIpc) is 2.76. The molecule has 1 saturated heterocycles. The summed E-state index contributed by atoms with van der Waals surface area (Å²) < 4.78 is 0. The summed E-state index contributed by atoms with van der Waals surface area (Å²) in [5.74, 6) is 0.0614. The summed E-state index contributed by atoms with van der Waals surface area (Å²) in [5, 5.41) is 8.39. The van der Waals surface area contributed by atoms with E-state index in [2.05, 4.69) is 33.7 Å². The van der Waals surface area contributed by atoms with Gasteiger partial charge >= 0.3 is 0 Å². The zero-order valence-corrected chi connectivity index (χ0v) is 17.0. The van der Waals surface area contributed by atoms with E-state index in [9.17, 15) is 9.59 Å². The highest BCUT2D eigenvalue weighted by atomic mass is 16.2. The van der Waals surface area contributed by atoms with E-state index < -0.39 is 0 Å². The van der Waals surface area contributed by atoms with E-state index in [-0.39, 0.29) is 17.9 Å². The van der Waals surface area contributed by atoms with Crippen molar-refractivity contribution < 1.29 is 9.59 Å². The van der Waals surface area contributed by atoms with Gasteiger partial charge in [0.1, 0.15) is 0 Å². The first-order chi connectivity index (χ1) is 14.7. The number of amides is 2. The van der Waals surface area contributed by atoms with Gasteiger partial charge in [-0.2, -0.15) is 0 Å². The van der Waals surface area contributed by atoms with Crippen molar-refractivity contribution in [3.8, 4) is 0 Å². The van der Waals surface area contributed by atoms with Crippen molar-refractivity contribution in [1.82, 2.24) is 10.2 Å².